The van der Waals surface area contributed by atoms with Crippen molar-refractivity contribution in [2.45, 2.75) is 31.7 Å². The molecule has 0 spiro atoms. The Kier molecular flexibility index (Phi) is 4.13. The van der Waals surface area contributed by atoms with Crippen LogP contribution in [0.1, 0.15) is 31.2 Å². The first-order chi connectivity index (χ1) is 7.83. The third-order valence-electron chi connectivity index (χ3n) is 2.84. The van der Waals surface area contributed by atoms with Crippen molar-refractivity contribution in [3.8, 4) is 5.75 Å². The molecule has 0 aromatic heterocycles. The minimum Gasteiger partial charge on any atom is -0.494 e. The molecule has 0 aliphatic carbocycles. The highest BCUT2D eigenvalue weighted by Crippen LogP contribution is 2.34. The van der Waals surface area contributed by atoms with Crippen LogP contribution in [-0.2, 0) is 0 Å². The van der Waals surface area contributed by atoms with Crippen molar-refractivity contribution in [1.29, 1.82) is 0 Å². The summed E-state index contributed by atoms with van der Waals surface area (Å²) in [5.74, 6) is 2.18. The van der Waals surface area contributed by atoms with E-state index in [1.165, 1.54) is 17.7 Å². The van der Waals surface area contributed by atoms with E-state index in [0.29, 0.717) is 11.4 Å². The van der Waals surface area contributed by atoms with Gasteiger partial charge in [0.2, 0.25) is 0 Å². The zero-order valence-corrected chi connectivity index (χ0v) is 10.7. The van der Waals surface area contributed by atoms with E-state index in [9.17, 15) is 0 Å². The average molecular weight is 237 g/mol. The summed E-state index contributed by atoms with van der Waals surface area (Å²) in [5, 5.41) is 4.09. The van der Waals surface area contributed by atoms with Crippen molar-refractivity contribution in [3.63, 3.8) is 0 Å². The molecule has 1 aromatic rings. The van der Waals surface area contributed by atoms with Crippen molar-refractivity contribution in [1.82, 2.24) is 5.32 Å². The van der Waals surface area contributed by atoms with Gasteiger partial charge in [-0.2, -0.15) is 0 Å². The van der Waals surface area contributed by atoms with Gasteiger partial charge in [0.1, 0.15) is 5.75 Å². The van der Waals surface area contributed by atoms with Crippen LogP contribution < -0.4 is 10.1 Å². The number of thioether (sulfide) groups is 1. The molecule has 2 nitrogen and oxygen atoms in total. The Morgan fingerprint density at radius 1 is 1.31 bits per heavy atom. The molecular formula is C13H19NOS. The first-order valence-electron chi connectivity index (χ1n) is 5.94. The van der Waals surface area contributed by atoms with Crippen molar-refractivity contribution in [3.05, 3.63) is 29.8 Å². The lowest BCUT2D eigenvalue weighted by Crippen LogP contribution is -2.24. The van der Waals surface area contributed by atoms with Crippen LogP contribution in [0.3, 0.4) is 0 Å². The fourth-order valence-electron chi connectivity index (χ4n) is 1.86. The Morgan fingerprint density at radius 2 is 2.06 bits per heavy atom. The Bertz CT molecular complexity index is 325. The predicted molar refractivity (Wildman–Crippen MR) is 70.0 cm³/mol. The third kappa shape index (κ3) is 2.71. The summed E-state index contributed by atoms with van der Waals surface area (Å²) in [4.78, 5) is 0. The Balaban J connectivity index is 1.99. The van der Waals surface area contributed by atoms with Crippen LogP contribution in [0.2, 0.25) is 0 Å². The molecule has 3 heteroatoms. The lowest BCUT2D eigenvalue weighted by atomic mass is 10.2. The minimum absolute atomic E-state index is 0.459. The number of hydrogen-bond donors (Lipinski definition) is 1. The molecule has 1 fully saturated rings. The molecule has 2 atom stereocenters. The molecule has 1 saturated heterocycles. The SMILES string of the molecule is CCOc1ccc(C2NC(CC)CS2)cc1. The minimum atomic E-state index is 0.459. The van der Waals surface area contributed by atoms with Crippen LogP contribution >= 0.6 is 11.8 Å². The van der Waals surface area contributed by atoms with Crippen molar-refractivity contribution in [2.75, 3.05) is 12.4 Å². The van der Waals surface area contributed by atoms with E-state index in [2.05, 4.69) is 36.5 Å². The standard InChI is InChI=1S/C13H19NOS/c1-3-11-9-16-13(14-11)10-5-7-12(8-6-10)15-4-2/h5-8,11,13-14H,3-4,9H2,1-2H3. The van der Waals surface area contributed by atoms with Crippen molar-refractivity contribution >= 4 is 11.8 Å². The maximum atomic E-state index is 5.44. The normalized spacial score (nSPS) is 24.6. The molecule has 1 aliphatic rings. The highest BCUT2D eigenvalue weighted by atomic mass is 32.2. The van der Waals surface area contributed by atoms with E-state index in [1.807, 2.05) is 18.7 Å². The molecular weight excluding hydrogens is 218 g/mol. The second-order valence-electron chi connectivity index (χ2n) is 3.99. The summed E-state index contributed by atoms with van der Waals surface area (Å²) in [6.45, 7) is 4.97. The van der Waals surface area contributed by atoms with E-state index in [0.717, 1.165) is 12.4 Å². The van der Waals surface area contributed by atoms with Gasteiger partial charge in [-0.05, 0) is 31.0 Å². The van der Waals surface area contributed by atoms with Gasteiger partial charge in [-0.1, -0.05) is 19.1 Å². The van der Waals surface area contributed by atoms with Gasteiger partial charge >= 0.3 is 0 Å². The third-order valence-corrected chi connectivity index (χ3v) is 4.17. The molecule has 0 bridgehead atoms. The molecule has 2 rings (SSSR count). The Hall–Kier alpha value is -0.670. The maximum Gasteiger partial charge on any atom is 0.119 e. The summed E-state index contributed by atoms with van der Waals surface area (Å²) < 4.78 is 5.44. The van der Waals surface area contributed by atoms with Gasteiger partial charge in [0.05, 0.1) is 12.0 Å². The highest BCUT2D eigenvalue weighted by molar-refractivity contribution is 7.99. The summed E-state index contributed by atoms with van der Waals surface area (Å²) in [6, 6.07) is 9.10. The lowest BCUT2D eigenvalue weighted by molar-refractivity contribution is 0.340. The predicted octanol–water partition coefficient (Wildman–Crippen LogP) is 3.20. The zero-order valence-electron chi connectivity index (χ0n) is 9.90. The van der Waals surface area contributed by atoms with E-state index in [4.69, 9.17) is 4.74 Å². The second-order valence-corrected chi connectivity index (χ2v) is 5.13. The summed E-state index contributed by atoms with van der Waals surface area (Å²) in [7, 11) is 0. The second kappa shape index (κ2) is 5.60. The average Bonchev–Trinajstić information content (AvgIpc) is 2.79. The van der Waals surface area contributed by atoms with Gasteiger partial charge in [0.15, 0.2) is 0 Å². The van der Waals surface area contributed by atoms with Crippen LogP contribution in [0.25, 0.3) is 0 Å². The molecule has 1 heterocycles. The molecule has 2 unspecified atom stereocenters. The van der Waals surface area contributed by atoms with E-state index >= 15 is 0 Å². The summed E-state index contributed by atoms with van der Waals surface area (Å²) in [5.41, 5.74) is 1.35. The van der Waals surface area contributed by atoms with Gasteiger partial charge in [-0.15, -0.1) is 11.8 Å². The van der Waals surface area contributed by atoms with E-state index < -0.39 is 0 Å². The van der Waals surface area contributed by atoms with Crippen LogP contribution in [-0.4, -0.2) is 18.4 Å². The molecule has 1 N–H and O–H groups in total. The first-order valence-corrected chi connectivity index (χ1v) is 6.98. The largest absolute Gasteiger partial charge is 0.494 e. The van der Waals surface area contributed by atoms with Crippen molar-refractivity contribution in [2.24, 2.45) is 0 Å². The molecule has 0 saturated carbocycles. The van der Waals surface area contributed by atoms with Gasteiger partial charge in [-0.25, -0.2) is 0 Å². The molecule has 1 aliphatic heterocycles. The monoisotopic (exact) mass is 237 g/mol. The number of nitrogens with one attached hydrogen (secondary N) is 1. The molecule has 88 valence electrons. The van der Waals surface area contributed by atoms with Crippen LogP contribution in [0.4, 0.5) is 0 Å². The molecule has 0 amide bonds. The van der Waals surface area contributed by atoms with Crippen molar-refractivity contribution < 1.29 is 4.74 Å². The fraction of sp³-hybridized carbons (Fsp3) is 0.538. The molecule has 1 aromatic carbocycles. The topological polar surface area (TPSA) is 21.3 Å². The Labute approximate surface area is 102 Å². The van der Waals surface area contributed by atoms with Gasteiger partial charge in [0.25, 0.3) is 0 Å². The maximum absolute atomic E-state index is 5.44. The first kappa shape index (κ1) is 11.8. The summed E-state index contributed by atoms with van der Waals surface area (Å²) >= 11 is 2.00. The smallest absolute Gasteiger partial charge is 0.119 e. The zero-order chi connectivity index (χ0) is 11.4. The van der Waals surface area contributed by atoms with Crippen LogP contribution in [0.5, 0.6) is 5.75 Å². The quantitative estimate of drug-likeness (QED) is 0.869. The molecule has 0 radical (unpaired) electrons. The molecule has 16 heavy (non-hydrogen) atoms. The van der Waals surface area contributed by atoms with E-state index in [1.54, 1.807) is 0 Å². The van der Waals surface area contributed by atoms with Crippen LogP contribution in [0.15, 0.2) is 24.3 Å². The number of rotatable bonds is 4. The highest BCUT2D eigenvalue weighted by Gasteiger charge is 2.23. The van der Waals surface area contributed by atoms with Gasteiger partial charge < -0.3 is 4.74 Å². The van der Waals surface area contributed by atoms with Gasteiger partial charge in [0, 0.05) is 11.8 Å². The number of ether oxygens (including phenoxy) is 1. The van der Waals surface area contributed by atoms with Crippen LogP contribution in [0, 0.1) is 0 Å². The Morgan fingerprint density at radius 3 is 2.62 bits per heavy atom. The summed E-state index contributed by atoms with van der Waals surface area (Å²) in [6.07, 6.45) is 1.21. The lowest BCUT2D eigenvalue weighted by Gasteiger charge is -2.12. The fourth-order valence-corrected chi connectivity index (χ4v) is 3.25. The number of benzene rings is 1. The number of hydrogen-bond acceptors (Lipinski definition) is 3. The van der Waals surface area contributed by atoms with E-state index in [-0.39, 0.29) is 0 Å². The van der Waals surface area contributed by atoms with Gasteiger partial charge in [-0.3, -0.25) is 5.32 Å².